The number of carbonyl (C=O) groups excluding carboxylic acids is 2. The van der Waals surface area contributed by atoms with Crippen LogP contribution in [0.25, 0.3) is 0 Å². The first kappa shape index (κ1) is 16.1. The fourth-order valence-corrected chi connectivity index (χ4v) is 1.69. The first-order valence-corrected chi connectivity index (χ1v) is 6.22. The smallest absolute Gasteiger partial charge is 0.348 e. The largest absolute Gasteiger partial charge is 0.351 e. The third-order valence-electron chi connectivity index (χ3n) is 2.53. The van der Waals surface area contributed by atoms with Crippen LogP contribution in [0.3, 0.4) is 0 Å². The average Bonchev–Trinajstić information content (AvgIpc) is 2.29. The SMILES string of the molecule is CC(=O)Nc1ccc(C)cc1C(F)(F)C(=O)NC(C)C. The van der Waals surface area contributed by atoms with Crippen LogP contribution in [0.15, 0.2) is 18.2 Å². The van der Waals surface area contributed by atoms with E-state index in [4.69, 9.17) is 0 Å². The molecule has 0 unspecified atom stereocenters. The Labute approximate surface area is 116 Å². The van der Waals surface area contributed by atoms with E-state index in [1.54, 1.807) is 26.8 Å². The number of hydrogen-bond donors (Lipinski definition) is 2. The Morgan fingerprint density at radius 2 is 1.85 bits per heavy atom. The summed E-state index contributed by atoms with van der Waals surface area (Å²) >= 11 is 0. The second-order valence-corrected chi connectivity index (χ2v) is 4.93. The zero-order chi connectivity index (χ0) is 15.5. The van der Waals surface area contributed by atoms with E-state index in [1.807, 2.05) is 0 Å². The number of amides is 2. The molecule has 0 heterocycles. The van der Waals surface area contributed by atoms with Crippen LogP contribution in [0.1, 0.15) is 31.9 Å². The molecule has 0 bridgehead atoms. The van der Waals surface area contributed by atoms with E-state index in [2.05, 4.69) is 10.6 Å². The Kier molecular flexibility index (Phi) is 4.81. The normalized spacial score (nSPS) is 11.3. The molecule has 1 aromatic carbocycles. The first-order valence-electron chi connectivity index (χ1n) is 6.22. The van der Waals surface area contributed by atoms with Crippen molar-refractivity contribution >= 4 is 17.5 Å². The van der Waals surface area contributed by atoms with Crippen LogP contribution in [-0.2, 0) is 15.5 Å². The van der Waals surface area contributed by atoms with Crippen molar-refractivity contribution in [2.75, 3.05) is 5.32 Å². The molecular formula is C14H18F2N2O2. The van der Waals surface area contributed by atoms with Crippen molar-refractivity contribution in [2.24, 2.45) is 0 Å². The number of anilines is 1. The zero-order valence-electron chi connectivity index (χ0n) is 11.9. The number of hydrogen-bond acceptors (Lipinski definition) is 2. The molecule has 0 aromatic heterocycles. The molecule has 20 heavy (non-hydrogen) atoms. The van der Waals surface area contributed by atoms with Gasteiger partial charge in [-0.2, -0.15) is 8.78 Å². The maximum absolute atomic E-state index is 14.2. The third-order valence-corrected chi connectivity index (χ3v) is 2.53. The summed E-state index contributed by atoms with van der Waals surface area (Å²) in [5.41, 5.74) is 0.00369. The summed E-state index contributed by atoms with van der Waals surface area (Å²) in [5.74, 6) is -5.58. The van der Waals surface area contributed by atoms with Crippen LogP contribution in [-0.4, -0.2) is 17.9 Å². The Morgan fingerprint density at radius 1 is 1.25 bits per heavy atom. The fraction of sp³-hybridized carbons (Fsp3) is 0.429. The predicted molar refractivity (Wildman–Crippen MR) is 72.7 cm³/mol. The molecular weight excluding hydrogens is 266 g/mol. The van der Waals surface area contributed by atoms with Gasteiger partial charge >= 0.3 is 5.92 Å². The lowest BCUT2D eigenvalue weighted by Crippen LogP contribution is -2.42. The van der Waals surface area contributed by atoms with Crippen LogP contribution in [0.5, 0.6) is 0 Å². The van der Waals surface area contributed by atoms with Gasteiger partial charge in [-0.05, 0) is 32.9 Å². The molecule has 0 aliphatic carbocycles. The molecule has 2 N–H and O–H groups in total. The summed E-state index contributed by atoms with van der Waals surface area (Å²) < 4.78 is 28.5. The molecule has 2 amide bonds. The highest BCUT2D eigenvalue weighted by atomic mass is 19.3. The highest BCUT2D eigenvalue weighted by molar-refractivity contribution is 5.93. The maximum Gasteiger partial charge on any atom is 0.351 e. The van der Waals surface area contributed by atoms with E-state index in [1.165, 1.54) is 19.1 Å². The summed E-state index contributed by atoms with van der Waals surface area (Å²) in [6.07, 6.45) is 0. The van der Waals surface area contributed by atoms with Gasteiger partial charge in [0.25, 0.3) is 5.91 Å². The van der Waals surface area contributed by atoms with Crippen LogP contribution >= 0.6 is 0 Å². The van der Waals surface area contributed by atoms with Crippen molar-refractivity contribution in [3.63, 3.8) is 0 Å². The lowest BCUT2D eigenvalue weighted by molar-refractivity contribution is -0.147. The number of nitrogens with one attached hydrogen (secondary N) is 2. The first-order chi connectivity index (χ1) is 9.14. The van der Waals surface area contributed by atoms with Crippen molar-refractivity contribution in [3.05, 3.63) is 29.3 Å². The van der Waals surface area contributed by atoms with Gasteiger partial charge in [0.2, 0.25) is 5.91 Å². The van der Waals surface area contributed by atoms with Crippen molar-refractivity contribution < 1.29 is 18.4 Å². The Balaban J connectivity index is 3.24. The quantitative estimate of drug-likeness (QED) is 0.892. The van der Waals surface area contributed by atoms with E-state index in [0.717, 1.165) is 0 Å². The van der Waals surface area contributed by atoms with E-state index in [9.17, 15) is 18.4 Å². The number of carbonyl (C=O) groups is 2. The van der Waals surface area contributed by atoms with E-state index in [0.29, 0.717) is 5.56 Å². The molecule has 0 saturated carbocycles. The van der Waals surface area contributed by atoms with Crippen LogP contribution < -0.4 is 10.6 Å². The highest BCUT2D eigenvalue weighted by Crippen LogP contribution is 2.34. The number of alkyl halides is 2. The van der Waals surface area contributed by atoms with Crippen molar-refractivity contribution in [1.29, 1.82) is 0 Å². The molecule has 4 nitrogen and oxygen atoms in total. The monoisotopic (exact) mass is 284 g/mol. The maximum atomic E-state index is 14.2. The number of halogens is 2. The molecule has 1 rings (SSSR count). The van der Waals surface area contributed by atoms with Crippen molar-refractivity contribution in [2.45, 2.75) is 39.7 Å². The minimum atomic E-state index is -3.71. The van der Waals surface area contributed by atoms with Gasteiger partial charge in [0.15, 0.2) is 0 Å². The summed E-state index contributed by atoms with van der Waals surface area (Å²) in [5, 5.41) is 4.50. The Hall–Kier alpha value is -1.98. The van der Waals surface area contributed by atoms with Gasteiger partial charge in [-0.25, -0.2) is 0 Å². The molecule has 0 radical (unpaired) electrons. The molecule has 1 aromatic rings. The lowest BCUT2D eigenvalue weighted by atomic mass is 10.0. The minimum Gasteiger partial charge on any atom is -0.348 e. The predicted octanol–water partition coefficient (Wildman–Crippen LogP) is 2.57. The summed E-state index contributed by atoms with van der Waals surface area (Å²) in [6.45, 7) is 6.05. The average molecular weight is 284 g/mol. The van der Waals surface area contributed by atoms with Crippen molar-refractivity contribution in [3.8, 4) is 0 Å². The topological polar surface area (TPSA) is 58.2 Å². The molecule has 0 saturated heterocycles. The number of aryl methyl sites for hydroxylation is 1. The van der Waals surface area contributed by atoms with Gasteiger partial charge in [0.05, 0.1) is 11.3 Å². The van der Waals surface area contributed by atoms with Gasteiger partial charge in [-0.1, -0.05) is 11.6 Å². The standard InChI is InChI=1S/C14H18F2N2O2/c1-8(2)17-13(20)14(15,16)11-7-9(3)5-6-12(11)18-10(4)19/h5-8H,1-4H3,(H,17,20)(H,18,19). The van der Waals surface area contributed by atoms with E-state index < -0.39 is 29.3 Å². The fourth-order valence-electron chi connectivity index (χ4n) is 1.69. The van der Waals surface area contributed by atoms with Gasteiger partial charge in [0, 0.05) is 13.0 Å². The highest BCUT2D eigenvalue weighted by Gasteiger charge is 2.43. The van der Waals surface area contributed by atoms with E-state index in [-0.39, 0.29) is 5.69 Å². The molecule has 110 valence electrons. The summed E-state index contributed by atoms with van der Waals surface area (Å²) in [4.78, 5) is 22.7. The van der Waals surface area contributed by atoms with Gasteiger partial charge < -0.3 is 10.6 Å². The summed E-state index contributed by atoms with van der Waals surface area (Å²) in [6, 6.07) is 3.75. The second kappa shape index (κ2) is 5.98. The minimum absolute atomic E-state index is 0.0630. The van der Waals surface area contributed by atoms with Crippen molar-refractivity contribution in [1.82, 2.24) is 5.32 Å². The third kappa shape index (κ3) is 3.76. The Morgan fingerprint density at radius 3 is 2.35 bits per heavy atom. The zero-order valence-corrected chi connectivity index (χ0v) is 11.9. The second-order valence-electron chi connectivity index (χ2n) is 4.93. The van der Waals surface area contributed by atoms with E-state index >= 15 is 0 Å². The van der Waals surface area contributed by atoms with Crippen LogP contribution in [0.4, 0.5) is 14.5 Å². The Bertz CT molecular complexity index is 528. The molecule has 0 spiro atoms. The molecule has 0 atom stereocenters. The molecule has 0 aliphatic heterocycles. The van der Waals surface area contributed by atoms with Gasteiger partial charge in [0.1, 0.15) is 0 Å². The molecule has 6 heteroatoms. The van der Waals surface area contributed by atoms with Gasteiger partial charge in [-0.15, -0.1) is 0 Å². The van der Waals surface area contributed by atoms with Crippen LogP contribution in [0, 0.1) is 6.92 Å². The van der Waals surface area contributed by atoms with Crippen LogP contribution in [0.2, 0.25) is 0 Å². The number of rotatable bonds is 4. The number of benzene rings is 1. The summed E-state index contributed by atoms with van der Waals surface area (Å²) in [7, 11) is 0. The lowest BCUT2D eigenvalue weighted by Gasteiger charge is -2.21. The van der Waals surface area contributed by atoms with Gasteiger partial charge in [-0.3, -0.25) is 9.59 Å². The molecule has 0 fully saturated rings. The molecule has 0 aliphatic rings.